The Morgan fingerprint density at radius 2 is 1.97 bits per heavy atom. The van der Waals surface area contributed by atoms with Crippen LogP contribution in [-0.4, -0.2) is 34.1 Å². The van der Waals surface area contributed by atoms with E-state index in [9.17, 15) is 4.79 Å². The minimum atomic E-state index is -0.130. The molecule has 0 spiro atoms. The molecule has 1 N–H and O–H groups in total. The van der Waals surface area contributed by atoms with Crippen molar-refractivity contribution in [3.8, 4) is 11.5 Å². The number of carbonyl (C=O) groups excluding carboxylic acids is 1. The fraction of sp³-hybridized carbons (Fsp3) is 0.286. The van der Waals surface area contributed by atoms with Crippen LogP contribution in [0.5, 0.6) is 0 Å². The van der Waals surface area contributed by atoms with Crippen molar-refractivity contribution >= 4 is 34.8 Å². The van der Waals surface area contributed by atoms with Crippen molar-refractivity contribution in [3.05, 3.63) is 64.0 Å². The van der Waals surface area contributed by atoms with E-state index in [0.29, 0.717) is 46.2 Å². The number of aryl methyl sites for hydroxylation is 1. The van der Waals surface area contributed by atoms with Crippen molar-refractivity contribution in [2.24, 2.45) is 0 Å². The number of hydrogen-bond donors (Lipinski definition) is 1. The van der Waals surface area contributed by atoms with Gasteiger partial charge in [-0.2, -0.15) is 0 Å². The zero-order valence-electron chi connectivity index (χ0n) is 16.3. The maximum Gasteiger partial charge on any atom is 0.249 e. The Balaban J connectivity index is 1.66. The molecule has 0 radical (unpaired) electrons. The summed E-state index contributed by atoms with van der Waals surface area (Å²) in [7, 11) is 0. The van der Waals surface area contributed by atoms with E-state index in [-0.39, 0.29) is 12.5 Å². The highest BCUT2D eigenvalue weighted by Crippen LogP contribution is 2.26. The fourth-order valence-electron chi connectivity index (χ4n) is 2.90. The number of halogens is 2. The summed E-state index contributed by atoms with van der Waals surface area (Å²) in [4.78, 5) is 14.5. The summed E-state index contributed by atoms with van der Waals surface area (Å²) >= 11 is 12.2. The molecule has 0 fully saturated rings. The van der Waals surface area contributed by atoms with Gasteiger partial charge in [0.15, 0.2) is 0 Å². The molecule has 8 heteroatoms. The lowest BCUT2D eigenvalue weighted by Crippen LogP contribution is -2.33. The molecule has 0 bridgehead atoms. The third kappa shape index (κ3) is 5.79. The monoisotopic (exact) mass is 432 g/mol. The molecule has 29 heavy (non-hydrogen) atoms. The Bertz CT molecular complexity index is 990. The molecule has 1 aromatic heterocycles. The van der Waals surface area contributed by atoms with Crippen LogP contribution >= 0.6 is 23.2 Å². The van der Waals surface area contributed by atoms with Gasteiger partial charge in [-0.05, 0) is 49.7 Å². The second-order valence-electron chi connectivity index (χ2n) is 6.70. The minimum Gasteiger partial charge on any atom is -0.419 e. The standard InChI is InChI=1S/C21H22Cl2N4O2/c1-3-10-27(12-19(28)24-18-11-15(22)9-8-14(18)2)13-20-25-26-21(29-20)16-6-4-5-7-17(16)23/h4-9,11H,3,10,12-13H2,1-2H3,(H,24,28). The molecule has 0 saturated heterocycles. The van der Waals surface area contributed by atoms with Crippen molar-refractivity contribution in [1.82, 2.24) is 15.1 Å². The van der Waals surface area contributed by atoms with Crippen LogP contribution in [0.15, 0.2) is 46.9 Å². The molecule has 0 aliphatic carbocycles. The van der Waals surface area contributed by atoms with Gasteiger partial charge in [-0.3, -0.25) is 9.69 Å². The summed E-state index contributed by atoms with van der Waals surface area (Å²) in [5, 5.41) is 12.2. The number of amides is 1. The van der Waals surface area contributed by atoms with Crippen LogP contribution in [0.2, 0.25) is 10.0 Å². The van der Waals surface area contributed by atoms with E-state index in [0.717, 1.165) is 12.0 Å². The number of nitrogens with zero attached hydrogens (tertiary/aromatic N) is 3. The van der Waals surface area contributed by atoms with Crippen molar-refractivity contribution < 1.29 is 9.21 Å². The fourth-order valence-corrected chi connectivity index (χ4v) is 3.29. The Morgan fingerprint density at radius 1 is 1.17 bits per heavy atom. The van der Waals surface area contributed by atoms with Crippen molar-refractivity contribution in [1.29, 1.82) is 0 Å². The lowest BCUT2D eigenvalue weighted by Gasteiger charge is -2.19. The first-order valence-electron chi connectivity index (χ1n) is 9.32. The van der Waals surface area contributed by atoms with Crippen molar-refractivity contribution in [2.45, 2.75) is 26.8 Å². The van der Waals surface area contributed by atoms with Gasteiger partial charge in [-0.1, -0.05) is 48.3 Å². The highest BCUT2D eigenvalue weighted by Gasteiger charge is 2.17. The first-order valence-corrected chi connectivity index (χ1v) is 10.1. The molecule has 1 amide bonds. The van der Waals surface area contributed by atoms with Crippen LogP contribution in [-0.2, 0) is 11.3 Å². The third-order valence-electron chi connectivity index (χ3n) is 4.31. The number of rotatable bonds is 8. The maximum absolute atomic E-state index is 12.5. The predicted molar refractivity (Wildman–Crippen MR) is 115 cm³/mol. The van der Waals surface area contributed by atoms with Crippen LogP contribution in [0.1, 0.15) is 24.8 Å². The predicted octanol–water partition coefficient (Wildman–Crippen LogP) is 5.20. The molecule has 3 aromatic rings. The Labute approximate surface area is 179 Å². The van der Waals surface area contributed by atoms with Crippen LogP contribution < -0.4 is 5.32 Å². The molecule has 0 aliphatic rings. The molecular formula is C21H22Cl2N4O2. The number of nitrogens with one attached hydrogen (secondary N) is 1. The second-order valence-corrected chi connectivity index (χ2v) is 7.54. The minimum absolute atomic E-state index is 0.130. The molecule has 152 valence electrons. The zero-order chi connectivity index (χ0) is 20.8. The Kier molecular flexibility index (Phi) is 7.25. The van der Waals surface area contributed by atoms with Crippen LogP contribution in [0.3, 0.4) is 0 Å². The van der Waals surface area contributed by atoms with Crippen LogP contribution in [0.4, 0.5) is 5.69 Å². The largest absolute Gasteiger partial charge is 0.419 e. The number of aromatic nitrogens is 2. The lowest BCUT2D eigenvalue weighted by molar-refractivity contribution is -0.117. The van der Waals surface area contributed by atoms with E-state index in [4.69, 9.17) is 27.6 Å². The highest BCUT2D eigenvalue weighted by atomic mass is 35.5. The molecular weight excluding hydrogens is 411 g/mol. The summed E-state index contributed by atoms with van der Waals surface area (Å²) in [5.74, 6) is 0.663. The number of benzene rings is 2. The van der Waals surface area contributed by atoms with Crippen molar-refractivity contribution in [3.63, 3.8) is 0 Å². The second kappa shape index (κ2) is 9.87. The van der Waals surface area contributed by atoms with Gasteiger partial charge < -0.3 is 9.73 Å². The molecule has 0 aliphatic heterocycles. The normalized spacial score (nSPS) is 11.1. The SMILES string of the molecule is CCCN(CC(=O)Nc1cc(Cl)ccc1C)Cc1nnc(-c2ccccc2Cl)o1. The van der Waals surface area contributed by atoms with Gasteiger partial charge in [-0.15, -0.1) is 10.2 Å². The van der Waals surface area contributed by atoms with Gasteiger partial charge in [-0.25, -0.2) is 0 Å². The first-order chi connectivity index (χ1) is 14.0. The maximum atomic E-state index is 12.5. The number of anilines is 1. The third-order valence-corrected chi connectivity index (χ3v) is 4.88. The molecule has 0 saturated carbocycles. The average molecular weight is 433 g/mol. The van der Waals surface area contributed by atoms with E-state index in [1.807, 2.05) is 36.1 Å². The van der Waals surface area contributed by atoms with E-state index < -0.39 is 0 Å². The molecule has 2 aromatic carbocycles. The highest BCUT2D eigenvalue weighted by molar-refractivity contribution is 6.33. The van der Waals surface area contributed by atoms with Crippen molar-refractivity contribution in [2.75, 3.05) is 18.4 Å². The molecule has 0 atom stereocenters. The van der Waals surface area contributed by atoms with E-state index in [1.54, 1.807) is 18.2 Å². The van der Waals surface area contributed by atoms with Crippen LogP contribution in [0, 0.1) is 6.92 Å². The smallest absolute Gasteiger partial charge is 0.249 e. The average Bonchev–Trinajstić information content (AvgIpc) is 3.13. The summed E-state index contributed by atoms with van der Waals surface area (Å²) in [6.45, 7) is 5.25. The van der Waals surface area contributed by atoms with E-state index in [1.165, 1.54) is 0 Å². The molecule has 1 heterocycles. The Hall–Kier alpha value is -2.41. The van der Waals surface area contributed by atoms with Gasteiger partial charge in [0, 0.05) is 10.7 Å². The first kappa shape index (κ1) is 21.3. The molecule has 6 nitrogen and oxygen atoms in total. The quantitative estimate of drug-likeness (QED) is 0.529. The summed E-state index contributed by atoms with van der Waals surface area (Å²) in [6.07, 6.45) is 0.884. The lowest BCUT2D eigenvalue weighted by atomic mass is 10.2. The summed E-state index contributed by atoms with van der Waals surface area (Å²) in [5.41, 5.74) is 2.34. The van der Waals surface area contributed by atoms with Gasteiger partial charge >= 0.3 is 0 Å². The molecule has 0 unspecified atom stereocenters. The zero-order valence-corrected chi connectivity index (χ0v) is 17.8. The topological polar surface area (TPSA) is 71.3 Å². The van der Waals surface area contributed by atoms with Gasteiger partial charge in [0.2, 0.25) is 17.7 Å². The van der Waals surface area contributed by atoms with E-state index in [2.05, 4.69) is 22.4 Å². The molecule has 3 rings (SSSR count). The number of hydrogen-bond acceptors (Lipinski definition) is 5. The van der Waals surface area contributed by atoms with E-state index >= 15 is 0 Å². The summed E-state index contributed by atoms with van der Waals surface area (Å²) in [6, 6.07) is 12.7. The Morgan fingerprint density at radius 3 is 2.72 bits per heavy atom. The summed E-state index contributed by atoms with van der Waals surface area (Å²) < 4.78 is 5.76. The van der Waals surface area contributed by atoms with Crippen LogP contribution in [0.25, 0.3) is 11.5 Å². The van der Waals surface area contributed by atoms with Gasteiger partial charge in [0.05, 0.1) is 23.7 Å². The number of carbonyl (C=O) groups is 1. The van der Waals surface area contributed by atoms with Gasteiger partial charge in [0.1, 0.15) is 0 Å². The van der Waals surface area contributed by atoms with Gasteiger partial charge in [0.25, 0.3) is 0 Å².